The molecule has 0 amide bonds. The average Bonchev–Trinajstić information content (AvgIpc) is 2.88. The van der Waals surface area contributed by atoms with Crippen LogP contribution in [0.15, 0.2) is 59.9 Å². The highest BCUT2D eigenvalue weighted by Crippen LogP contribution is 2.32. The van der Waals surface area contributed by atoms with Crippen molar-refractivity contribution in [3.05, 3.63) is 76.6 Å². The van der Waals surface area contributed by atoms with E-state index in [2.05, 4.69) is 54.2 Å². The molecule has 2 aromatic carbocycles. The molecule has 2 aromatic rings. The van der Waals surface area contributed by atoms with Crippen molar-refractivity contribution < 1.29 is 20.7 Å². The summed E-state index contributed by atoms with van der Waals surface area (Å²) in [5.41, 5.74) is 9.86. The molecule has 2 aliphatic rings. The Morgan fingerprint density at radius 3 is 2.03 bits per heavy atom. The van der Waals surface area contributed by atoms with Crippen LogP contribution in [0.4, 0.5) is 5.69 Å². The number of quaternary nitrogens is 1. The molecule has 1 fully saturated rings. The molecule has 0 atom stereocenters. The standard InChI is InChI=1S/C25H29N3O2.C2H6.H4NO/c1-25(2)12-15-28(16-13-25)18-9-7-17(8-10-18)11-14-27-22-21(26)23(29)19-5-3-4-6-20(19)24(22)30;2*1-2/h3-10,27H,11-16,26H2,1-2H3;1-2H3;2H,1H3/q;;+1. The predicted octanol–water partition coefficient (Wildman–Crippen LogP) is 3.34. The molecule has 1 saturated heterocycles. The minimum atomic E-state index is -0.290. The van der Waals surface area contributed by atoms with Gasteiger partial charge in [0.2, 0.25) is 11.6 Å². The van der Waals surface area contributed by atoms with Crippen LogP contribution in [-0.4, -0.2) is 36.4 Å². The van der Waals surface area contributed by atoms with Crippen molar-refractivity contribution >= 4 is 17.3 Å². The number of anilines is 1. The van der Waals surface area contributed by atoms with Crippen molar-refractivity contribution in [3.63, 3.8) is 0 Å². The topological polar surface area (TPSA) is 123 Å². The van der Waals surface area contributed by atoms with Crippen LogP contribution in [0.25, 0.3) is 0 Å². The number of nitrogens with two attached hydrogens (primary N) is 1. The second-order valence-electron chi connectivity index (χ2n) is 8.99. The molecule has 34 heavy (non-hydrogen) atoms. The second kappa shape index (κ2) is 12.3. The van der Waals surface area contributed by atoms with Gasteiger partial charge in [0.15, 0.2) is 0 Å². The summed E-state index contributed by atoms with van der Waals surface area (Å²) in [5, 5.41) is 9.85. The lowest BCUT2D eigenvalue weighted by molar-refractivity contribution is -0.670. The number of fused-ring (bicyclic) bond motifs is 1. The second-order valence-corrected chi connectivity index (χ2v) is 8.99. The molecule has 4 rings (SSSR count). The highest BCUT2D eigenvalue weighted by Gasteiger charge is 2.30. The Hall–Kier alpha value is -3.16. The van der Waals surface area contributed by atoms with Crippen LogP contribution >= 0.6 is 0 Å². The third-order valence-corrected chi connectivity index (χ3v) is 6.29. The fourth-order valence-electron chi connectivity index (χ4n) is 4.15. The molecule has 184 valence electrons. The van der Waals surface area contributed by atoms with Crippen LogP contribution in [-0.2, 0) is 6.42 Å². The first-order valence-corrected chi connectivity index (χ1v) is 11.9. The van der Waals surface area contributed by atoms with E-state index in [0.29, 0.717) is 23.1 Å². The van der Waals surface area contributed by atoms with Gasteiger partial charge in [0.1, 0.15) is 11.4 Å². The van der Waals surface area contributed by atoms with E-state index in [9.17, 15) is 9.59 Å². The summed E-state index contributed by atoms with van der Waals surface area (Å²) in [5.74, 6) is 1.74. The van der Waals surface area contributed by atoms with E-state index in [-0.39, 0.29) is 23.0 Å². The Morgan fingerprint density at radius 1 is 0.941 bits per heavy atom. The molecule has 1 aliphatic carbocycles. The van der Waals surface area contributed by atoms with E-state index in [1.807, 2.05) is 13.8 Å². The maximum atomic E-state index is 12.7. The third-order valence-electron chi connectivity index (χ3n) is 6.29. The van der Waals surface area contributed by atoms with Crippen molar-refractivity contribution in [1.29, 1.82) is 0 Å². The highest BCUT2D eigenvalue weighted by atomic mass is 16.4. The Balaban J connectivity index is 0.000000970. The maximum absolute atomic E-state index is 12.7. The molecule has 0 unspecified atom stereocenters. The summed E-state index contributed by atoms with van der Waals surface area (Å²) >= 11 is 0. The monoisotopic (exact) mass is 467 g/mol. The fourth-order valence-corrected chi connectivity index (χ4v) is 4.15. The van der Waals surface area contributed by atoms with Gasteiger partial charge in [0, 0.05) is 36.4 Å². The first-order valence-electron chi connectivity index (χ1n) is 11.9. The Bertz CT molecular complexity index is 1000. The van der Waals surface area contributed by atoms with E-state index in [1.165, 1.54) is 24.1 Å². The third kappa shape index (κ3) is 6.24. The smallest absolute Gasteiger partial charge is 0.211 e. The van der Waals surface area contributed by atoms with Gasteiger partial charge in [-0.2, -0.15) is 0 Å². The number of Topliss-reactive ketones (excluding diaryl/α,β-unsaturated/α-hetero) is 2. The lowest BCUT2D eigenvalue weighted by Gasteiger charge is -2.38. The quantitative estimate of drug-likeness (QED) is 0.500. The van der Waals surface area contributed by atoms with Crippen LogP contribution < -0.4 is 21.8 Å². The minimum absolute atomic E-state index is 0.00192. The van der Waals surface area contributed by atoms with Gasteiger partial charge in [-0.25, -0.2) is 11.1 Å². The van der Waals surface area contributed by atoms with Gasteiger partial charge in [-0.05, 0) is 42.4 Å². The van der Waals surface area contributed by atoms with E-state index in [4.69, 9.17) is 10.9 Å². The van der Waals surface area contributed by atoms with Gasteiger partial charge in [0.25, 0.3) is 0 Å². The van der Waals surface area contributed by atoms with Crippen LogP contribution in [0.3, 0.4) is 0 Å². The first-order chi connectivity index (χ1) is 16.4. The zero-order chi connectivity index (χ0) is 25.3. The predicted molar refractivity (Wildman–Crippen MR) is 136 cm³/mol. The number of nitrogens with zero attached hydrogens (tertiary/aromatic N) is 1. The lowest BCUT2D eigenvalue weighted by Crippen LogP contribution is -2.42. The molecule has 1 aliphatic heterocycles. The summed E-state index contributed by atoms with van der Waals surface area (Å²) in [6.07, 6.45) is 3.17. The van der Waals surface area contributed by atoms with Gasteiger partial charge in [-0.3, -0.25) is 9.59 Å². The van der Waals surface area contributed by atoms with Crippen molar-refractivity contribution in [2.75, 3.05) is 24.5 Å². The Labute approximate surface area is 202 Å². The molecule has 7 N–H and O–H groups in total. The number of carbonyl (C=O) groups excluding carboxylic acids is 2. The molecule has 0 aromatic heterocycles. The van der Waals surface area contributed by atoms with E-state index >= 15 is 0 Å². The van der Waals surface area contributed by atoms with Crippen LogP contribution in [0, 0.1) is 5.41 Å². The zero-order valence-electron chi connectivity index (χ0n) is 20.9. The normalized spacial score (nSPS) is 16.6. The summed E-state index contributed by atoms with van der Waals surface area (Å²) < 4.78 is 0. The highest BCUT2D eigenvalue weighted by molar-refractivity contribution is 6.26. The molecule has 0 radical (unpaired) electrons. The first kappa shape index (κ1) is 27.1. The maximum Gasteiger partial charge on any atom is 0.211 e. The lowest BCUT2D eigenvalue weighted by atomic mass is 9.82. The SMILES string of the molecule is CC.CC1(C)CCN(c2ccc(CCNC3=C(N)C(=O)c4ccccc4C3=O)cc2)CC1.[NH3+]O. The van der Waals surface area contributed by atoms with Crippen molar-refractivity contribution in [2.24, 2.45) is 11.1 Å². The minimum Gasteiger partial charge on any atom is -0.394 e. The van der Waals surface area contributed by atoms with Gasteiger partial charge in [-0.1, -0.05) is 64.1 Å². The Morgan fingerprint density at radius 2 is 1.47 bits per heavy atom. The van der Waals surface area contributed by atoms with Crippen LogP contribution in [0.2, 0.25) is 0 Å². The number of allylic oxidation sites excluding steroid dienone is 2. The largest absolute Gasteiger partial charge is 0.394 e. The van der Waals surface area contributed by atoms with Crippen molar-refractivity contribution in [1.82, 2.24) is 5.32 Å². The number of rotatable bonds is 5. The van der Waals surface area contributed by atoms with Gasteiger partial charge in [-0.15, -0.1) is 0 Å². The van der Waals surface area contributed by atoms with Gasteiger partial charge >= 0.3 is 0 Å². The molecular weight excluding hydrogens is 428 g/mol. The molecule has 7 nitrogen and oxygen atoms in total. The van der Waals surface area contributed by atoms with E-state index in [0.717, 1.165) is 19.5 Å². The zero-order valence-corrected chi connectivity index (χ0v) is 20.9. The number of carbonyl (C=O) groups is 2. The molecular formula is C27H39N4O3+. The summed E-state index contributed by atoms with van der Waals surface area (Å²) in [7, 11) is 0. The van der Waals surface area contributed by atoms with Gasteiger partial charge < -0.3 is 16.0 Å². The summed E-state index contributed by atoms with van der Waals surface area (Å²) in [4.78, 5) is 27.6. The summed E-state index contributed by atoms with van der Waals surface area (Å²) in [6.45, 7) is 11.4. The van der Waals surface area contributed by atoms with Crippen LogP contribution in [0.5, 0.6) is 0 Å². The number of piperidine rings is 1. The number of ketones is 2. The molecule has 0 saturated carbocycles. The van der Waals surface area contributed by atoms with Gasteiger partial charge in [0.05, 0.1) is 0 Å². The number of hydrogen-bond donors (Lipinski definition) is 4. The molecule has 0 bridgehead atoms. The average molecular weight is 468 g/mol. The number of benzene rings is 2. The van der Waals surface area contributed by atoms with Crippen LogP contribution in [0.1, 0.15) is 66.8 Å². The van der Waals surface area contributed by atoms with E-state index in [1.54, 1.807) is 24.3 Å². The summed E-state index contributed by atoms with van der Waals surface area (Å²) in [6, 6.07) is 15.4. The molecule has 0 spiro atoms. The number of nitrogens with one attached hydrogen (secondary N) is 1. The Kier molecular flexibility index (Phi) is 9.83. The molecule has 7 heteroatoms. The molecule has 1 heterocycles. The fraction of sp³-hybridized carbons (Fsp3) is 0.407. The number of hydrogen-bond acceptors (Lipinski definition) is 6. The van der Waals surface area contributed by atoms with E-state index < -0.39 is 0 Å². The van der Waals surface area contributed by atoms with Crippen molar-refractivity contribution in [2.45, 2.75) is 47.0 Å². The van der Waals surface area contributed by atoms with Crippen molar-refractivity contribution in [3.8, 4) is 0 Å².